The van der Waals surface area contributed by atoms with E-state index in [0.29, 0.717) is 5.69 Å². The van der Waals surface area contributed by atoms with E-state index in [4.69, 9.17) is 13.9 Å². The average molecular weight is 327 g/mol. The zero-order valence-corrected chi connectivity index (χ0v) is 11.3. The van der Waals surface area contributed by atoms with Gasteiger partial charge in [0.1, 0.15) is 0 Å². The van der Waals surface area contributed by atoms with Crippen molar-refractivity contribution in [2.75, 3.05) is 11.1 Å². The summed E-state index contributed by atoms with van der Waals surface area (Å²) in [5.41, 5.74) is 5.17. The molecular weight excluding hydrogens is 317 g/mol. The van der Waals surface area contributed by atoms with Crippen molar-refractivity contribution in [1.82, 2.24) is 15.0 Å². The van der Waals surface area contributed by atoms with Crippen LogP contribution in [0.5, 0.6) is 0 Å². The molecule has 0 fully saturated rings. The summed E-state index contributed by atoms with van der Waals surface area (Å²) in [7, 11) is 0. The van der Waals surface area contributed by atoms with Crippen molar-refractivity contribution < 1.29 is 11.9 Å². The van der Waals surface area contributed by atoms with Gasteiger partial charge in [-0.15, -0.1) is 0 Å². The van der Waals surface area contributed by atoms with Crippen LogP contribution in [0, 0.1) is 0 Å². The number of nitrogens with one attached hydrogen (secondary N) is 2. The Hall–Kier alpha value is -2.09. The quantitative estimate of drug-likeness (QED) is 0.408. The van der Waals surface area contributed by atoms with Crippen LogP contribution in [-0.2, 0) is 3.74 Å². The molecule has 19 heavy (non-hydrogen) atoms. The SMILES string of the molecule is Nc1nc(Nc2ccc([As](=O)(O)O)cc2)nc(=O)[nH]1. The van der Waals surface area contributed by atoms with Crippen LogP contribution in [0.1, 0.15) is 0 Å². The minimum atomic E-state index is -4.88. The molecular formula is C9H10AsN5O4. The first-order chi connectivity index (χ1) is 8.84. The van der Waals surface area contributed by atoms with Crippen LogP contribution in [0.15, 0.2) is 29.1 Å². The van der Waals surface area contributed by atoms with Gasteiger partial charge in [0.2, 0.25) is 0 Å². The molecule has 6 N–H and O–H groups in total. The van der Waals surface area contributed by atoms with E-state index in [1.165, 1.54) is 24.3 Å². The molecule has 0 atom stereocenters. The Kier molecular flexibility index (Phi) is 3.43. The monoisotopic (exact) mass is 327 g/mol. The predicted molar refractivity (Wildman–Crippen MR) is 67.3 cm³/mol. The molecule has 0 radical (unpaired) electrons. The molecule has 100 valence electrons. The molecule has 0 saturated heterocycles. The first-order valence-electron chi connectivity index (χ1n) is 5.01. The molecule has 10 heteroatoms. The number of hydrogen-bond acceptors (Lipinski definition) is 6. The molecule has 2 rings (SSSR count). The molecule has 0 spiro atoms. The summed E-state index contributed by atoms with van der Waals surface area (Å²) in [6, 6.07) is 5.46. The first kappa shape index (κ1) is 13.3. The summed E-state index contributed by atoms with van der Waals surface area (Å²) in [5, 5.41) is 2.70. The molecule has 0 bridgehead atoms. The molecule has 1 aromatic heterocycles. The number of hydrogen-bond donors (Lipinski definition) is 5. The predicted octanol–water partition coefficient (Wildman–Crippen LogP) is -1.95. The first-order valence-corrected chi connectivity index (χ1v) is 8.40. The fraction of sp³-hybridized carbons (Fsp3) is 0. The van der Waals surface area contributed by atoms with Gasteiger partial charge in [-0.1, -0.05) is 0 Å². The van der Waals surface area contributed by atoms with Crippen LogP contribution in [0.2, 0.25) is 0 Å². The molecule has 2 aromatic rings. The minimum absolute atomic E-state index is 0.00413. The van der Waals surface area contributed by atoms with Crippen molar-refractivity contribution in [3.8, 4) is 0 Å². The number of aromatic amines is 1. The van der Waals surface area contributed by atoms with Crippen LogP contribution in [0.25, 0.3) is 0 Å². The van der Waals surface area contributed by atoms with Crippen LogP contribution in [0.4, 0.5) is 17.6 Å². The van der Waals surface area contributed by atoms with Crippen molar-refractivity contribution in [2.45, 2.75) is 0 Å². The Bertz CT molecular complexity index is 693. The zero-order valence-electron chi connectivity index (χ0n) is 9.44. The second-order valence-corrected chi connectivity index (χ2v) is 6.94. The van der Waals surface area contributed by atoms with Crippen molar-refractivity contribution in [2.24, 2.45) is 0 Å². The summed E-state index contributed by atoms with van der Waals surface area (Å²) in [5.74, 6) is -0.0897. The van der Waals surface area contributed by atoms with E-state index < -0.39 is 19.9 Å². The molecule has 1 heterocycles. The number of nitrogen functional groups attached to an aromatic ring is 1. The Balaban J connectivity index is 2.24. The van der Waals surface area contributed by atoms with Crippen LogP contribution in [-0.4, -0.2) is 37.3 Å². The van der Waals surface area contributed by atoms with Crippen molar-refractivity contribution in [3.05, 3.63) is 34.7 Å². The van der Waals surface area contributed by atoms with Gasteiger partial charge in [-0.05, 0) is 0 Å². The fourth-order valence-corrected chi connectivity index (χ4v) is 2.45. The Labute approximate surface area is 109 Å². The number of H-pyrrole nitrogens is 1. The second-order valence-electron chi connectivity index (χ2n) is 3.58. The van der Waals surface area contributed by atoms with Gasteiger partial charge in [-0.25, -0.2) is 0 Å². The van der Waals surface area contributed by atoms with Crippen molar-refractivity contribution in [3.63, 3.8) is 0 Å². The van der Waals surface area contributed by atoms with Crippen LogP contribution < -0.4 is 21.1 Å². The maximum atomic E-state index is 11.1. The Morgan fingerprint density at radius 3 is 2.37 bits per heavy atom. The number of nitrogens with zero attached hydrogens (tertiary/aromatic N) is 2. The molecule has 1 aromatic carbocycles. The number of aromatic nitrogens is 3. The van der Waals surface area contributed by atoms with E-state index in [2.05, 4.69) is 20.3 Å². The fourth-order valence-electron chi connectivity index (χ4n) is 1.32. The van der Waals surface area contributed by atoms with Crippen molar-refractivity contribution >= 4 is 36.1 Å². The average Bonchev–Trinajstić information content (AvgIpc) is 2.26. The van der Waals surface area contributed by atoms with E-state index in [1.54, 1.807) is 0 Å². The number of anilines is 3. The van der Waals surface area contributed by atoms with E-state index in [9.17, 15) is 8.53 Å². The van der Waals surface area contributed by atoms with Crippen LogP contribution in [0.3, 0.4) is 0 Å². The third-order valence-electron chi connectivity index (χ3n) is 2.13. The van der Waals surface area contributed by atoms with E-state index in [0.717, 1.165) is 0 Å². The molecule has 0 amide bonds. The Morgan fingerprint density at radius 2 is 1.84 bits per heavy atom. The van der Waals surface area contributed by atoms with Crippen LogP contribution >= 0.6 is 0 Å². The van der Waals surface area contributed by atoms with Gasteiger partial charge in [0.05, 0.1) is 0 Å². The Morgan fingerprint density at radius 1 is 1.21 bits per heavy atom. The molecule has 9 nitrogen and oxygen atoms in total. The van der Waals surface area contributed by atoms with Gasteiger partial charge in [0.25, 0.3) is 0 Å². The molecule has 0 aliphatic rings. The summed E-state index contributed by atoms with van der Waals surface area (Å²) in [6.07, 6.45) is 0. The summed E-state index contributed by atoms with van der Waals surface area (Å²) in [4.78, 5) is 20.5. The van der Waals surface area contributed by atoms with Gasteiger partial charge in [-0.3, -0.25) is 0 Å². The summed E-state index contributed by atoms with van der Waals surface area (Å²) in [6.45, 7) is 0. The third-order valence-corrected chi connectivity index (χ3v) is 4.17. The zero-order chi connectivity index (χ0) is 14.0. The third kappa shape index (κ3) is 3.44. The standard InChI is InChI=1S/C9H10AsN5O4/c11-7-13-8(15-9(16)14-7)12-6-3-1-5(2-4-6)10(17,18)19/h1-4H,(H2,17,18,19)(H4,11,12,13,14,15,16). The number of rotatable bonds is 3. The summed E-state index contributed by atoms with van der Waals surface area (Å²) >= 11 is -4.88. The molecule has 0 aliphatic heterocycles. The van der Waals surface area contributed by atoms with Crippen molar-refractivity contribution in [1.29, 1.82) is 0 Å². The van der Waals surface area contributed by atoms with Gasteiger partial charge in [-0.2, -0.15) is 0 Å². The topological polar surface area (TPSA) is 154 Å². The summed E-state index contributed by atoms with van der Waals surface area (Å²) < 4.78 is 29.0. The van der Waals surface area contributed by atoms with E-state index >= 15 is 0 Å². The molecule has 0 aliphatic carbocycles. The van der Waals surface area contributed by atoms with E-state index in [-0.39, 0.29) is 16.2 Å². The van der Waals surface area contributed by atoms with Gasteiger partial charge < -0.3 is 0 Å². The number of benzene rings is 1. The van der Waals surface area contributed by atoms with E-state index in [1.807, 2.05) is 0 Å². The molecule has 0 saturated carbocycles. The molecule has 0 unspecified atom stereocenters. The second kappa shape index (κ2) is 4.88. The van der Waals surface area contributed by atoms with Gasteiger partial charge in [0.15, 0.2) is 0 Å². The normalized spacial score (nSPS) is 11.3. The van der Waals surface area contributed by atoms with Gasteiger partial charge >= 0.3 is 109 Å². The number of nitrogens with two attached hydrogens (primary N) is 1. The van der Waals surface area contributed by atoms with Gasteiger partial charge in [0, 0.05) is 0 Å². The maximum absolute atomic E-state index is 11.1.